The molecule has 2 atom stereocenters. The molecule has 0 radical (unpaired) electrons. The van der Waals surface area contributed by atoms with Gasteiger partial charge in [0, 0.05) is 30.9 Å². The van der Waals surface area contributed by atoms with Crippen LogP contribution in [-0.4, -0.2) is 63.0 Å². The van der Waals surface area contributed by atoms with Crippen LogP contribution in [-0.2, 0) is 19.6 Å². The van der Waals surface area contributed by atoms with Gasteiger partial charge in [-0.2, -0.15) is 4.31 Å². The Bertz CT molecular complexity index is 1080. The van der Waals surface area contributed by atoms with Crippen LogP contribution in [0.2, 0.25) is 0 Å². The van der Waals surface area contributed by atoms with Crippen molar-refractivity contribution in [3.05, 3.63) is 54.1 Å². The molecule has 1 aliphatic rings. The lowest BCUT2D eigenvalue weighted by Gasteiger charge is -2.34. The average molecular weight is 476 g/mol. The summed E-state index contributed by atoms with van der Waals surface area (Å²) in [5.41, 5.74) is 0.733. The number of sulfonamides is 1. The number of benzene rings is 2. The van der Waals surface area contributed by atoms with Crippen molar-refractivity contribution in [3.8, 4) is 5.75 Å². The van der Waals surface area contributed by atoms with Crippen LogP contribution in [0, 0.1) is 0 Å². The molecule has 0 aliphatic carbocycles. The zero-order chi connectivity index (χ0) is 24.0. The predicted octanol–water partition coefficient (Wildman–Crippen LogP) is 2.25. The van der Waals surface area contributed by atoms with Gasteiger partial charge in [0.2, 0.25) is 10.0 Å². The van der Waals surface area contributed by atoms with Crippen LogP contribution in [0.4, 0.5) is 5.69 Å². The number of likely N-dealkylation sites (N-methyl/N-ethyl adjacent to an activating group) is 1. The summed E-state index contributed by atoms with van der Waals surface area (Å²) in [6, 6.07) is 12.5. The molecule has 33 heavy (non-hydrogen) atoms. The third-order valence-corrected chi connectivity index (χ3v) is 6.80. The second-order valence-electron chi connectivity index (χ2n) is 7.83. The van der Waals surface area contributed by atoms with E-state index in [0.29, 0.717) is 18.0 Å². The Labute approximate surface area is 194 Å². The number of ether oxygens (including phenoxy) is 2. The number of hydrogen-bond donors (Lipinski definition) is 2. The molecule has 0 spiro atoms. The monoisotopic (exact) mass is 475 g/mol. The fourth-order valence-electron chi connectivity index (χ4n) is 3.51. The number of rotatable bonds is 8. The number of morpholine rings is 1. The normalized spacial score (nSPS) is 19.0. The minimum atomic E-state index is -3.76. The fraction of sp³-hybridized carbons (Fsp3) is 0.391. The zero-order valence-electron chi connectivity index (χ0n) is 18.9. The summed E-state index contributed by atoms with van der Waals surface area (Å²) in [5.74, 6) is -0.168. The van der Waals surface area contributed by atoms with Crippen LogP contribution < -0.4 is 15.4 Å². The van der Waals surface area contributed by atoms with E-state index in [1.54, 1.807) is 36.4 Å². The minimum absolute atomic E-state index is 0.0607. The molecule has 9 nitrogen and oxygen atoms in total. The van der Waals surface area contributed by atoms with Crippen molar-refractivity contribution in [2.45, 2.75) is 37.9 Å². The number of carbonyl (C=O) groups is 2. The number of anilines is 1. The Hall–Kier alpha value is -2.95. The maximum Gasteiger partial charge on any atom is 0.257 e. The molecule has 0 bridgehead atoms. The quantitative estimate of drug-likeness (QED) is 0.605. The van der Waals surface area contributed by atoms with Crippen LogP contribution in [0.15, 0.2) is 53.4 Å². The first-order valence-electron chi connectivity index (χ1n) is 10.8. The molecule has 10 heteroatoms. The molecule has 1 saturated heterocycles. The zero-order valence-corrected chi connectivity index (χ0v) is 19.7. The third-order valence-electron chi connectivity index (χ3n) is 4.98. The van der Waals surface area contributed by atoms with Crippen molar-refractivity contribution in [1.29, 1.82) is 0 Å². The maximum absolute atomic E-state index is 13.1. The molecule has 0 aromatic heterocycles. The Morgan fingerprint density at radius 3 is 2.39 bits per heavy atom. The van der Waals surface area contributed by atoms with E-state index >= 15 is 0 Å². The van der Waals surface area contributed by atoms with Gasteiger partial charge in [-0.15, -0.1) is 0 Å². The first-order valence-corrected chi connectivity index (χ1v) is 12.2. The molecule has 0 saturated carbocycles. The largest absolute Gasteiger partial charge is 0.484 e. The van der Waals surface area contributed by atoms with Crippen molar-refractivity contribution in [1.82, 2.24) is 9.62 Å². The Balaban J connectivity index is 1.66. The highest BCUT2D eigenvalue weighted by molar-refractivity contribution is 7.89. The summed E-state index contributed by atoms with van der Waals surface area (Å²) < 4.78 is 38.6. The molecule has 178 valence electrons. The van der Waals surface area contributed by atoms with Crippen molar-refractivity contribution in [3.63, 3.8) is 0 Å². The van der Waals surface area contributed by atoms with Gasteiger partial charge in [0.05, 0.1) is 17.1 Å². The topological polar surface area (TPSA) is 114 Å². The maximum atomic E-state index is 13.1. The van der Waals surface area contributed by atoms with Crippen LogP contribution >= 0.6 is 0 Å². The van der Waals surface area contributed by atoms with Crippen molar-refractivity contribution >= 4 is 27.5 Å². The lowest BCUT2D eigenvalue weighted by Crippen LogP contribution is -2.48. The van der Waals surface area contributed by atoms with E-state index in [1.807, 2.05) is 20.8 Å². The first-order chi connectivity index (χ1) is 15.7. The molecule has 1 fully saturated rings. The minimum Gasteiger partial charge on any atom is -0.484 e. The molecule has 2 aromatic rings. The van der Waals surface area contributed by atoms with E-state index < -0.39 is 15.9 Å². The lowest BCUT2D eigenvalue weighted by atomic mass is 10.2. The second-order valence-corrected chi connectivity index (χ2v) is 9.77. The number of nitrogens with one attached hydrogen (secondary N) is 2. The van der Waals surface area contributed by atoms with Crippen molar-refractivity contribution in [2.24, 2.45) is 0 Å². The highest BCUT2D eigenvalue weighted by atomic mass is 32.2. The Kier molecular flexibility index (Phi) is 8.06. The lowest BCUT2D eigenvalue weighted by molar-refractivity contribution is -0.122. The van der Waals surface area contributed by atoms with Gasteiger partial charge < -0.3 is 20.1 Å². The molecule has 2 aromatic carbocycles. The van der Waals surface area contributed by atoms with Crippen LogP contribution in [0.3, 0.4) is 0 Å². The SMILES string of the molecule is CCNC(=O)COc1ccc(NC(=O)c2cccc(S(=O)(=O)N3CC(C)OC(C)C3)c2)cc1. The number of hydrogen-bond acceptors (Lipinski definition) is 6. The van der Waals surface area contributed by atoms with Gasteiger partial charge in [0.25, 0.3) is 11.8 Å². The van der Waals surface area contributed by atoms with E-state index in [2.05, 4.69) is 10.6 Å². The highest BCUT2D eigenvalue weighted by Gasteiger charge is 2.32. The van der Waals surface area contributed by atoms with E-state index in [1.165, 1.54) is 16.4 Å². The van der Waals surface area contributed by atoms with Crippen molar-refractivity contribution < 1.29 is 27.5 Å². The van der Waals surface area contributed by atoms with Gasteiger partial charge in [-0.1, -0.05) is 6.07 Å². The van der Waals surface area contributed by atoms with Gasteiger partial charge in [0.1, 0.15) is 5.75 Å². The second kappa shape index (κ2) is 10.8. The van der Waals surface area contributed by atoms with Crippen molar-refractivity contribution in [2.75, 3.05) is 31.6 Å². The van der Waals surface area contributed by atoms with E-state index in [0.717, 1.165) is 0 Å². The average Bonchev–Trinajstić information content (AvgIpc) is 2.78. The number of amides is 2. The standard InChI is InChI=1S/C23H29N3O6S/c1-4-24-22(27)15-31-20-10-8-19(9-11-20)25-23(28)18-6-5-7-21(12-18)33(29,30)26-13-16(2)32-17(3)14-26/h5-12,16-17H,4,13-15H2,1-3H3,(H,24,27)(H,25,28). The van der Waals surface area contributed by atoms with E-state index in [-0.39, 0.29) is 48.3 Å². The third kappa shape index (κ3) is 6.53. The van der Waals surface area contributed by atoms with E-state index in [4.69, 9.17) is 9.47 Å². The molecule has 1 aliphatic heterocycles. The van der Waals surface area contributed by atoms with Gasteiger partial charge in [-0.05, 0) is 63.2 Å². The summed E-state index contributed by atoms with van der Waals surface area (Å²) in [7, 11) is -3.76. The summed E-state index contributed by atoms with van der Waals surface area (Å²) >= 11 is 0. The van der Waals surface area contributed by atoms with E-state index in [9.17, 15) is 18.0 Å². The Morgan fingerprint density at radius 1 is 1.09 bits per heavy atom. The fourth-order valence-corrected chi connectivity index (χ4v) is 5.15. The number of carbonyl (C=O) groups excluding carboxylic acids is 2. The molecule has 2 N–H and O–H groups in total. The molecule has 3 rings (SSSR count). The highest BCUT2D eigenvalue weighted by Crippen LogP contribution is 2.23. The van der Waals surface area contributed by atoms with Gasteiger partial charge in [-0.3, -0.25) is 9.59 Å². The van der Waals surface area contributed by atoms with Crippen LogP contribution in [0.1, 0.15) is 31.1 Å². The van der Waals surface area contributed by atoms with Gasteiger partial charge >= 0.3 is 0 Å². The van der Waals surface area contributed by atoms with Crippen LogP contribution in [0.25, 0.3) is 0 Å². The van der Waals surface area contributed by atoms with Crippen LogP contribution in [0.5, 0.6) is 5.75 Å². The molecular formula is C23H29N3O6S. The smallest absolute Gasteiger partial charge is 0.257 e. The molecule has 2 amide bonds. The van der Waals surface area contributed by atoms with Gasteiger partial charge in [0.15, 0.2) is 6.61 Å². The Morgan fingerprint density at radius 2 is 1.76 bits per heavy atom. The summed E-state index contributed by atoms with van der Waals surface area (Å²) in [4.78, 5) is 24.3. The number of nitrogens with zero attached hydrogens (tertiary/aromatic N) is 1. The summed E-state index contributed by atoms with van der Waals surface area (Å²) in [6.07, 6.45) is -0.411. The molecular weight excluding hydrogens is 446 g/mol. The molecule has 2 unspecified atom stereocenters. The first kappa shape index (κ1) is 24.7. The molecule has 1 heterocycles. The summed E-state index contributed by atoms with van der Waals surface area (Å²) in [6.45, 7) is 6.44. The summed E-state index contributed by atoms with van der Waals surface area (Å²) in [5, 5.41) is 5.38. The predicted molar refractivity (Wildman–Crippen MR) is 124 cm³/mol. The van der Waals surface area contributed by atoms with Gasteiger partial charge in [-0.25, -0.2) is 8.42 Å².